The molecule has 0 saturated carbocycles. The van der Waals surface area contributed by atoms with Crippen LogP contribution in [0.5, 0.6) is 0 Å². The highest BCUT2D eigenvalue weighted by Crippen LogP contribution is 2.05. The molecule has 0 amide bonds. The van der Waals surface area contributed by atoms with E-state index >= 15 is 0 Å². The molecule has 0 saturated heterocycles. The van der Waals surface area contributed by atoms with Gasteiger partial charge in [0.2, 0.25) is 0 Å². The molecule has 0 aliphatic carbocycles. The van der Waals surface area contributed by atoms with Crippen LogP contribution in [0.25, 0.3) is 0 Å². The van der Waals surface area contributed by atoms with E-state index in [1.54, 1.807) is 24.3 Å². The number of carboxylic acids is 1. The largest absolute Gasteiger partial charge is 0.478 e. The van der Waals surface area contributed by atoms with Crippen molar-refractivity contribution in [2.24, 2.45) is 0 Å². The minimum atomic E-state index is -0.937. The van der Waals surface area contributed by atoms with Gasteiger partial charge in [0, 0.05) is 12.6 Å². The van der Waals surface area contributed by atoms with E-state index in [0.29, 0.717) is 13.0 Å². The fraction of sp³-hybridized carbons (Fsp3) is 0.385. The van der Waals surface area contributed by atoms with Crippen LogP contribution in [-0.2, 0) is 16.1 Å². The van der Waals surface area contributed by atoms with Gasteiger partial charge in [0.1, 0.15) is 0 Å². The molecule has 1 aromatic carbocycles. The van der Waals surface area contributed by atoms with Crippen LogP contribution in [0.2, 0.25) is 0 Å². The molecule has 0 aliphatic heterocycles. The maximum atomic E-state index is 11.0. The maximum Gasteiger partial charge on any atom is 0.335 e. The lowest BCUT2D eigenvalue weighted by Crippen LogP contribution is -2.28. The number of carbonyl (C=O) groups excluding carboxylic acids is 1. The number of esters is 1. The van der Waals surface area contributed by atoms with Gasteiger partial charge in [-0.3, -0.25) is 4.79 Å². The number of hydrogen-bond acceptors (Lipinski definition) is 4. The van der Waals surface area contributed by atoms with Gasteiger partial charge >= 0.3 is 11.9 Å². The zero-order chi connectivity index (χ0) is 13.5. The summed E-state index contributed by atoms with van der Waals surface area (Å²) in [7, 11) is 1.36. The SMILES string of the molecule is COC(=O)CC(C)NCc1ccc(C(=O)O)cc1. The fourth-order valence-corrected chi connectivity index (χ4v) is 1.46. The zero-order valence-electron chi connectivity index (χ0n) is 10.5. The van der Waals surface area contributed by atoms with Crippen LogP contribution >= 0.6 is 0 Å². The standard InChI is InChI=1S/C13H17NO4/c1-9(7-12(15)18-2)14-8-10-3-5-11(6-4-10)13(16)17/h3-6,9,14H,7-8H2,1-2H3,(H,16,17). The lowest BCUT2D eigenvalue weighted by atomic mass is 10.1. The molecular formula is C13H17NO4. The summed E-state index contributed by atoms with van der Waals surface area (Å²) in [5.74, 6) is -1.19. The monoisotopic (exact) mass is 251 g/mol. The normalized spacial score (nSPS) is 11.9. The molecule has 0 fully saturated rings. The van der Waals surface area contributed by atoms with Gasteiger partial charge in [-0.2, -0.15) is 0 Å². The highest BCUT2D eigenvalue weighted by Gasteiger charge is 2.08. The Morgan fingerprint density at radius 2 is 1.94 bits per heavy atom. The average molecular weight is 251 g/mol. The second-order valence-electron chi connectivity index (χ2n) is 4.06. The van der Waals surface area contributed by atoms with Crippen LogP contribution in [0.4, 0.5) is 0 Å². The molecule has 1 atom stereocenters. The molecule has 98 valence electrons. The van der Waals surface area contributed by atoms with Crippen LogP contribution in [0.15, 0.2) is 24.3 Å². The number of hydrogen-bond donors (Lipinski definition) is 2. The molecule has 5 nitrogen and oxygen atoms in total. The van der Waals surface area contributed by atoms with Crippen molar-refractivity contribution in [1.29, 1.82) is 0 Å². The first kappa shape index (κ1) is 14.2. The second kappa shape index (κ2) is 6.76. The van der Waals surface area contributed by atoms with Crippen molar-refractivity contribution < 1.29 is 19.4 Å². The molecule has 0 radical (unpaired) electrons. The number of aromatic carboxylic acids is 1. The smallest absolute Gasteiger partial charge is 0.335 e. The minimum absolute atomic E-state index is 0.0107. The van der Waals surface area contributed by atoms with Gasteiger partial charge in [0.25, 0.3) is 0 Å². The molecule has 0 spiro atoms. The van der Waals surface area contributed by atoms with E-state index in [-0.39, 0.29) is 17.6 Å². The lowest BCUT2D eigenvalue weighted by Gasteiger charge is -2.12. The summed E-state index contributed by atoms with van der Waals surface area (Å²) in [4.78, 5) is 21.7. The van der Waals surface area contributed by atoms with Crippen molar-refractivity contribution in [1.82, 2.24) is 5.32 Å². The van der Waals surface area contributed by atoms with E-state index in [4.69, 9.17) is 5.11 Å². The van der Waals surface area contributed by atoms with Crippen molar-refractivity contribution in [2.75, 3.05) is 7.11 Å². The first-order valence-corrected chi connectivity index (χ1v) is 5.65. The van der Waals surface area contributed by atoms with Gasteiger partial charge in [-0.15, -0.1) is 0 Å². The Bertz CT molecular complexity index is 414. The van der Waals surface area contributed by atoms with Crippen LogP contribution in [0.1, 0.15) is 29.3 Å². The molecule has 0 aliphatic rings. The number of carbonyl (C=O) groups is 2. The third kappa shape index (κ3) is 4.55. The van der Waals surface area contributed by atoms with Crippen LogP contribution in [0.3, 0.4) is 0 Å². The number of methoxy groups -OCH3 is 1. The van der Waals surface area contributed by atoms with Gasteiger partial charge < -0.3 is 15.2 Å². The molecule has 1 rings (SSSR count). The second-order valence-corrected chi connectivity index (χ2v) is 4.06. The van der Waals surface area contributed by atoms with Crippen molar-refractivity contribution in [3.05, 3.63) is 35.4 Å². The molecule has 0 bridgehead atoms. The highest BCUT2D eigenvalue weighted by atomic mass is 16.5. The van der Waals surface area contributed by atoms with Gasteiger partial charge in [0.05, 0.1) is 19.1 Å². The Morgan fingerprint density at radius 1 is 1.33 bits per heavy atom. The van der Waals surface area contributed by atoms with E-state index in [1.165, 1.54) is 7.11 Å². The van der Waals surface area contributed by atoms with E-state index in [1.807, 2.05) is 6.92 Å². The first-order valence-electron chi connectivity index (χ1n) is 5.65. The number of rotatable bonds is 6. The highest BCUT2D eigenvalue weighted by molar-refractivity contribution is 5.87. The predicted octanol–water partition coefficient (Wildman–Crippen LogP) is 1.43. The summed E-state index contributed by atoms with van der Waals surface area (Å²) >= 11 is 0. The summed E-state index contributed by atoms with van der Waals surface area (Å²) in [6, 6.07) is 6.63. The van der Waals surface area contributed by atoms with Crippen molar-refractivity contribution in [3.63, 3.8) is 0 Å². The topological polar surface area (TPSA) is 75.6 Å². The lowest BCUT2D eigenvalue weighted by molar-refractivity contribution is -0.141. The van der Waals surface area contributed by atoms with Crippen LogP contribution < -0.4 is 5.32 Å². The number of benzene rings is 1. The third-order valence-corrected chi connectivity index (χ3v) is 2.56. The molecule has 0 aromatic heterocycles. The predicted molar refractivity (Wildman–Crippen MR) is 66.3 cm³/mol. The molecule has 1 unspecified atom stereocenters. The molecule has 18 heavy (non-hydrogen) atoms. The summed E-state index contributed by atoms with van der Waals surface area (Å²) < 4.78 is 4.57. The summed E-state index contributed by atoms with van der Waals surface area (Å²) in [6.45, 7) is 2.47. The van der Waals surface area contributed by atoms with Crippen LogP contribution in [-0.4, -0.2) is 30.2 Å². The van der Waals surface area contributed by atoms with Crippen molar-refractivity contribution >= 4 is 11.9 Å². The van der Waals surface area contributed by atoms with Crippen molar-refractivity contribution in [2.45, 2.75) is 25.9 Å². The van der Waals surface area contributed by atoms with Crippen molar-refractivity contribution in [3.8, 4) is 0 Å². The quantitative estimate of drug-likeness (QED) is 0.748. The molecule has 5 heteroatoms. The fourth-order valence-electron chi connectivity index (χ4n) is 1.46. The number of carboxylic acid groups (broad SMARTS) is 1. The molecule has 1 aromatic rings. The van der Waals surface area contributed by atoms with Gasteiger partial charge in [-0.1, -0.05) is 12.1 Å². The van der Waals surface area contributed by atoms with Gasteiger partial charge in [-0.25, -0.2) is 4.79 Å². The summed E-state index contributed by atoms with van der Waals surface area (Å²) in [5.41, 5.74) is 1.23. The molecular weight excluding hydrogens is 234 g/mol. The Balaban J connectivity index is 2.43. The Labute approximate surface area is 106 Å². The number of ether oxygens (including phenoxy) is 1. The number of nitrogens with one attached hydrogen (secondary N) is 1. The van der Waals surface area contributed by atoms with E-state index in [9.17, 15) is 9.59 Å². The van der Waals surface area contributed by atoms with E-state index < -0.39 is 5.97 Å². The average Bonchev–Trinajstić information content (AvgIpc) is 2.36. The van der Waals surface area contributed by atoms with Gasteiger partial charge in [0.15, 0.2) is 0 Å². The summed E-state index contributed by atoms with van der Waals surface area (Å²) in [5, 5.41) is 11.9. The molecule has 0 heterocycles. The van der Waals surface area contributed by atoms with E-state index in [0.717, 1.165) is 5.56 Å². The van der Waals surface area contributed by atoms with E-state index in [2.05, 4.69) is 10.1 Å². The minimum Gasteiger partial charge on any atom is -0.478 e. The Hall–Kier alpha value is -1.88. The molecule has 2 N–H and O–H groups in total. The Morgan fingerprint density at radius 3 is 2.44 bits per heavy atom. The maximum absolute atomic E-state index is 11.0. The third-order valence-electron chi connectivity index (χ3n) is 2.56. The zero-order valence-corrected chi connectivity index (χ0v) is 10.5. The van der Waals surface area contributed by atoms with Crippen LogP contribution in [0, 0.1) is 0 Å². The van der Waals surface area contributed by atoms with Gasteiger partial charge in [-0.05, 0) is 24.6 Å². The first-order chi connectivity index (χ1) is 8.52. The summed E-state index contributed by atoms with van der Waals surface area (Å²) in [6.07, 6.45) is 0.309. The Kier molecular flexibility index (Phi) is 5.32.